The molecule has 1 aromatic heterocycles. The Morgan fingerprint density at radius 3 is 2.58 bits per heavy atom. The number of rotatable bonds is 10. The lowest BCUT2D eigenvalue weighted by molar-refractivity contribution is -0.118. The van der Waals surface area contributed by atoms with Crippen molar-refractivity contribution < 1.29 is 14.3 Å². The lowest BCUT2D eigenvalue weighted by atomic mass is 10.2. The Hall–Kier alpha value is -3.82. The van der Waals surface area contributed by atoms with E-state index in [0.717, 1.165) is 16.8 Å². The summed E-state index contributed by atoms with van der Waals surface area (Å²) in [7, 11) is 1.57. The molecule has 0 spiro atoms. The molecule has 0 fully saturated rings. The Morgan fingerprint density at radius 1 is 1.08 bits per heavy atom. The standard InChI is InChI=1S/C26H24ClN5O3S/c1-3-35-22-14-9-18(15-23(22)34-2)16-28-29-24(33)17-36-26-31-30-25(19-7-5-4-6-8-19)32(26)21-12-10-20(27)11-13-21/h4-16H,3,17H2,1-2H3,(H,29,33)/b28-16-. The van der Waals surface area contributed by atoms with E-state index < -0.39 is 0 Å². The summed E-state index contributed by atoms with van der Waals surface area (Å²) >= 11 is 7.34. The van der Waals surface area contributed by atoms with Crippen molar-refractivity contribution in [1.29, 1.82) is 0 Å². The summed E-state index contributed by atoms with van der Waals surface area (Å²) in [5, 5.41) is 14.0. The van der Waals surface area contributed by atoms with Crippen LogP contribution >= 0.6 is 23.4 Å². The first-order valence-electron chi connectivity index (χ1n) is 11.1. The first-order valence-corrected chi connectivity index (χ1v) is 12.5. The highest BCUT2D eigenvalue weighted by atomic mass is 35.5. The molecule has 0 aliphatic rings. The van der Waals surface area contributed by atoms with Gasteiger partial charge in [-0.25, -0.2) is 5.43 Å². The number of thioether (sulfide) groups is 1. The summed E-state index contributed by atoms with van der Waals surface area (Å²) in [4.78, 5) is 12.5. The van der Waals surface area contributed by atoms with E-state index in [1.165, 1.54) is 11.8 Å². The zero-order valence-electron chi connectivity index (χ0n) is 19.7. The van der Waals surface area contributed by atoms with Crippen LogP contribution in [0.15, 0.2) is 83.1 Å². The van der Waals surface area contributed by atoms with Crippen LogP contribution in [0.25, 0.3) is 17.1 Å². The highest BCUT2D eigenvalue weighted by molar-refractivity contribution is 7.99. The Morgan fingerprint density at radius 2 is 1.86 bits per heavy atom. The van der Waals surface area contributed by atoms with E-state index in [0.29, 0.717) is 34.1 Å². The smallest absolute Gasteiger partial charge is 0.250 e. The normalized spacial score (nSPS) is 11.0. The number of aromatic nitrogens is 3. The molecule has 1 N–H and O–H groups in total. The molecule has 0 radical (unpaired) electrons. The van der Waals surface area contributed by atoms with E-state index in [2.05, 4.69) is 20.7 Å². The molecule has 36 heavy (non-hydrogen) atoms. The van der Waals surface area contributed by atoms with Gasteiger partial charge >= 0.3 is 0 Å². The number of amides is 1. The predicted octanol–water partition coefficient (Wildman–Crippen LogP) is 5.24. The fourth-order valence-corrected chi connectivity index (χ4v) is 4.21. The zero-order chi connectivity index (χ0) is 25.3. The van der Waals surface area contributed by atoms with Crippen molar-refractivity contribution >= 4 is 35.5 Å². The molecule has 0 unspecified atom stereocenters. The van der Waals surface area contributed by atoms with Gasteiger partial charge in [-0.15, -0.1) is 10.2 Å². The summed E-state index contributed by atoms with van der Waals surface area (Å²) in [6.45, 7) is 2.44. The minimum atomic E-state index is -0.277. The Kier molecular flexibility index (Phi) is 8.59. The van der Waals surface area contributed by atoms with Crippen LogP contribution in [-0.4, -0.2) is 46.4 Å². The third-order valence-electron chi connectivity index (χ3n) is 4.97. The fraction of sp³-hybridized carbons (Fsp3) is 0.154. The van der Waals surface area contributed by atoms with Gasteiger partial charge in [0, 0.05) is 16.3 Å². The molecule has 1 amide bonds. The van der Waals surface area contributed by atoms with Crippen molar-refractivity contribution in [2.45, 2.75) is 12.1 Å². The van der Waals surface area contributed by atoms with Crippen LogP contribution in [0.5, 0.6) is 11.5 Å². The molecule has 0 saturated heterocycles. The van der Waals surface area contributed by atoms with Gasteiger partial charge in [0.2, 0.25) is 0 Å². The number of hydrogen-bond acceptors (Lipinski definition) is 7. The zero-order valence-corrected chi connectivity index (χ0v) is 21.3. The Labute approximate surface area is 218 Å². The average molecular weight is 522 g/mol. The number of halogens is 1. The molecular weight excluding hydrogens is 498 g/mol. The van der Waals surface area contributed by atoms with Gasteiger partial charge in [-0.3, -0.25) is 9.36 Å². The van der Waals surface area contributed by atoms with Gasteiger partial charge in [-0.1, -0.05) is 53.7 Å². The number of carbonyl (C=O) groups excluding carboxylic acids is 1. The highest BCUT2D eigenvalue weighted by Crippen LogP contribution is 2.29. The third kappa shape index (κ3) is 6.24. The number of hydrazone groups is 1. The summed E-state index contributed by atoms with van der Waals surface area (Å²) < 4.78 is 12.8. The number of methoxy groups -OCH3 is 1. The second-order valence-electron chi connectivity index (χ2n) is 7.41. The van der Waals surface area contributed by atoms with E-state index in [1.807, 2.05) is 60.0 Å². The maximum absolute atomic E-state index is 12.5. The second kappa shape index (κ2) is 12.2. The Balaban J connectivity index is 1.45. The highest BCUT2D eigenvalue weighted by Gasteiger charge is 2.17. The Bertz CT molecular complexity index is 1340. The SMILES string of the molecule is CCOc1ccc(/C=N\NC(=O)CSc2nnc(-c3ccccc3)n2-c2ccc(Cl)cc2)cc1OC. The van der Waals surface area contributed by atoms with Gasteiger partial charge in [0.1, 0.15) is 0 Å². The van der Waals surface area contributed by atoms with Crippen molar-refractivity contribution in [1.82, 2.24) is 20.2 Å². The van der Waals surface area contributed by atoms with Gasteiger partial charge in [-0.2, -0.15) is 5.10 Å². The number of benzene rings is 3. The average Bonchev–Trinajstić information content (AvgIpc) is 3.33. The summed E-state index contributed by atoms with van der Waals surface area (Å²) in [6, 6.07) is 22.5. The van der Waals surface area contributed by atoms with E-state index >= 15 is 0 Å². The summed E-state index contributed by atoms with van der Waals surface area (Å²) in [5.74, 6) is 1.74. The first-order chi connectivity index (χ1) is 17.6. The number of hydrogen-bond donors (Lipinski definition) is 1. The third-order valence-corrected chi connectivity index (χ3v) is 6.15. The molecule has 3 aromatic carbocycles. The van der Waals surface area contributed by atoms with Gasteiger partial charge in [0.25, 0.3) is 5.91 Å². The number of ether oxygens (including phenoxy) is 2. The van der Waals surface area contributed by atoms with Crippen LogP contribution in [-0.2, 0) is 4.79 Å². The van der Waals surface area contributed by atoms with Crippen LogP contribution in [0.2, 0.25) is 5.02 Å². The summed E-state index contributed by atoms with van der Waals surface area (Å²) in [5.41, 5.74) is 5.06. The van der Waals surface area contributed by atoms with Crippen LogP contribution in [0.4, 0.5) is 0 Å². The molecule has 0 saturated carbocycles. The van der Waals surface area contributed by atoms with Crippen molar-refractivity contribution in [3.63, 3.8) is 0 Å². The van der Waals surface area contributed by atoms with Gasteiger partial charge in [-0.05, 0) is 55.0 Å². The molecule has 0 bridgehead atoms. The lowest BCUT2D eigenvalue weighted by Crippen LogP contribution is -2.20. The first kappa shape index (κ1) is 25.3. The van der Waals surface area contributed by atoms with Crippen molar-refractivity contribution in [2.75, 3.05) is 19.5 Å². The second-order valence-corrected chi connectivity index (χ2v) is 8.79. The van der Waals surface area contributed by atoms with Gasteiger partial charge in [0.15, 0.2) is 22.5 Å². The van der Waals surface area contributed by atoms with Crippen molar-refractivity contribution in [3.05, 3.63) is 83.4 Å². The van der Waals surface area contributed by atoms with E-state index in [1.54, 1.807) is 37.6 Å². The molecule has 184 valence electrons. The quantitative estimate of drug-likeness (QED) is 0.174. The maximum atomic E-state index is 12.5. The fourth-order valence-electron chi connectivity index (χ4n) is 3.34. The topological polar surface area (TPSA) is 90.6 Å². The lowest BCUT2D eigenvalue weighted by Gasteiger charge is -2.10. The van der Waals surface area contributed by atoms with Crippen LogP contribution < -0.4 is 14.9 Å². The van der Waals surface area contributed by atoms with Crippen LogP contribution in [0, 0.1) is 0 Å². The maximum Gasteiger partial charge on any atom is 0.250 e. The minimum absolute atomic E-state index is 0.102. The number of nitrogens with zero attached hydrogens (tertiary/aromatic N) is 4. The monoisotopic (exact) mass is 521 g/mol. The van der Waals surface area contributed by atoms with E-state index in [4.69, 9.17) is 21.1 Å². The minimum Gasteiger partial charge on any atom is -0.493 e. The largest absolute Gasteiger partial charge is 0.493 e. The van der Waals surface area contributed by atoms with Crippen molar-refractivity contribution in [3.8, 4) is 28.6 Å². The predicted molar refractivity (Wildman–Crippen MR) is 142 cm³/mol. The summed E-state index contributed by atoms with van der Waals surface area (Å²) in [6.07, 6.45) is 1.55. The molecule has 0 atom stereocenters. The van der Waals surface area contributed by atoms with Gasteiger partial charge < -0.3 is 9.47 Å². The van der Waals surface area contributed by atoms with E-state index in [-0.39, 0.29) is 11.7 Å². The molecule has 0 aliphatic heterocycles. The van der Waals surface area contributed by atoms with Crippen LogP contribution in [0.3, 0.4) is 0 Å². The van der Waals surface area contributed by atoms with Crippen LogP contribution in [0.1, 0.15) is 12.5 Å². The molecule has 4 aromatic rings. The molecule has 10 heteroatoms. The molecule has 0 aliphatic carbocycles. The molecule has 4 rings (SSSR count). The molecule has 1 heterocycles. The van der Waals surface area contributed by atoms with Gasteiger partial charge in [0.05, 0.1) is 25.7 Å². The van der Waals surface area contributed by atoms with E-state index in [9.17, 15) is 4.79 Å². The number of carbonyl (C=O) groups is 1. The molecule has 8 nitrogen and oxygen atoms in total. The molecular formula is C26H24ClN5O3S. The van der Waals surface area contributed by atoms with Crippen molar-refractivity contribution in [2.24, 2.45) is 5.10 Å². The number of nitrogens with one attached hydrogen (secondary N) is 1.